The van der Waals surface area contributed by atoms with E-state index in [2.05, 4.69) is 0 Å². The van der Waals surface area contributed by atoms with Crippen molar-refractivity contribution in [2.75, 3.05) is 0 Å². The zero-order chi connectivity index (χ0) is 7.56. The lowest BCUT2D eigenvalue weighted by molar-refractivity contribution is 1.47. The molecule has 0 aliphatic rings. The van der Waals surface area contributed by atoms with E-state index in [9.17, 15) is 0 Å². The molecule has 52 valence electrons. The van der Waals surface area contributed by atoms with E-state index in [1.54, 1.807) is 18.2 Å². The van der Waals surface area contributed by atoms with Crippen LogP contribution in [0.4, 0.5) is 0 Å². The second kappa shape index (κ2) is 3.51. The van der Waals surface area contributed by atoms with Crippen molar-refractivity contribution in [1.82, 2.24) is 0 Å². The predicted molar refractivity (Wildman–Crippen MR) is 46.6 cm³/mol. The summed E-state index contributed by atoms with van der Waals surface area (Å²) in [6.07, 6.45) is 5.29. The minimum atomic E-state index is 0.597. The largest absolute Gasteiger partial charge is 0.119 e. The molecule has 0 spiro atoms. The zero-order valence-electron chi connectivity index (χ0n) is 4.97. The maximum absolute atomic E-state index is 5.74. The normalized spacial score (nSPS) is 9.90. The molecule has 0 nitrogen and oxygen atoms in total. The molecule has 0 atom stereocenters. The van der Waals surface area contributed by atoms with E-state index in [0.717, 1.165) is 16.7 Å². The number of hydrogen-bond donors (Lipinski definition) is 0. The summed E-state index contributed by atoms with van der Waals surface area (Å²) in [4.78, 5) is 0.839. The van der Waals surface area contributed by atoms with Crippen LogP contribution in [0.5, 0.6) is 0 Å². The Bertz CT molecular complexity index is 235. The van der Waals surface area contributed by atoms with E-state index in [4.69, 9.17) is 29.5 Å². The molecule has 0 saturated carbocycles. The van der Waals surface area contributed by atoms with Crippen molar-refractivity contribution in [2.24, 2.45) is 0 Å². The average molecular weight is 191 g/mol. The van der Waals surface area contributed by atoms with Gasteiger partial charge < -0.3 is 0 Å². The van der Waals surface area contributed by atoms with Crippen LogP contribution in [-0.4, -0.2) is 0 Å². The minimum absolute atomic E-state index is 0.597. The van der Waals surface area contributed by atoms with Gasteiger partial charge in [0.25, 0.3) is 0 Å². The molecule has 0 fully saturated rings. The summed E-state index contributed by atoms with van der Waals surface area (Å²) in [5.41, 5.74) is 0. The van der Waals surface area contributed by atoms with E-state index in [-0.39, 0.29) is 0 Å². The molecule has 0 aromatic heterocycles. The summed E-state index contributed by atoms with van der Waals surface area (Å²) in [6.45, 7) is 0. The molecular weight excluding hydrogens is 187 g/mol. The molecular formula is C7H4Cl2S. The molecule has 0 unspecified atom stereocenters. The standard InChI is InChI=1S/C7H4Cl2S/c1-10-7-3-2-5(8)4-6(7)9/h1-4H. The molecule has 0 amide bonds. The summed E-state index contributed by atoms with van der Waals surface area (Å²) < 4.78 is 0. The number of rotatable bonds is 1. The van der Waals surface area contributed by atoms with Crippen molar-refractivity contribution < 1.29 is 0 Å². The second-order valence-electron chi connectivity index (χ2n) is 1.69. The lowest BCUT2D eigenvalue weighted by Crippen LogP contribution is -1.70. The van der Waals surface area contributed by atoms with E-state index in [0.29, 0.717) is 10.0 Å². The number of thioether (sulfide) groups is 1. The van der Waals surface area contributed by atoms with Crippen LogP contribution in [0.3, 0.4) is 0 Å². The van der Waals surface area contributed by atoms with E-state index in [1.165, 1.54) is 0 Å². The Labute approximate surface area is 74.5 Å². The summed E-state index contributed by atoms with van der Waals surface area (Å²) >= 11 is 12.5. The fourth-order valence-electron chi connectivity index (χ4n) is 0.571. The van der Waals surface area contributed by atoms with E-state index in [1.807, 2.05) is 0 Å². The number of halogens is 2. The molecule has 0 aliphatic heterocycles. The SMILES string of the molecule is [CH]Sc1ccc(Cl)cc1Cl. The van der Waals surface area contributed by atoms with Crippen molar-refractivity contribution in [2.45, 2.75) is 4.90 Å². The van der Waals surface area contributed by atoms with Gasteiger partial charge in [-0.25, -0.2) is 0 Å². The van der Waals surface area contributed by atoms with Crippen LogP contribution in [0, 0.1) is 6.26 Å². The third-order valence-electron chi connectivity index (χ3n) is 1.02. The summed E-state index contributed by atoms with van der Waals surface area (Å²) in [6, 6.07) is 5.20. The van der Waals surface area contributed by atoms with Crippen LogP contribution in [0.2, 0.25) is 10.0 Å². The molecule has 2 radical (unpaired) electrons. The van der Waals surface area contributed by atoms with Gasteiger partial charge in [0.15, 0.2) is 0 Å². The predicted octanol–water partition coefficient (Wildman–Crippen LogP) is 3.75. The maximum atomic E-state index is 5.74. The van der Waals surface area contributed by atoms with Crippen molar-refractivity contribution in [3.05, 3.63) is 34.5 Å². The van der Waals surface area contributed by atoms with Crippen molar-refractivity contribution in [3.63, 3.8) is 0 Å². The zero-order valence-corrected chi connectivity index (χ0v) is 7.30. The monoisotopic (exact) mass is 190 g/mol. The summed E-state index contributed by atoms with van der Waals surface area (Å²) in [5.74, 6) is 0. The van der Waals surface area contributed by atoms with Gasteiger partial charge in [-0.15, -0.1) is 11.8 Å². The van der Waals surface area contributed by atoms with Crippen molar-refractivity contribution in [3.8, 4) is 0 Å². The first-order valence-electron chi connectivity index (χ1n) is 2.56. The van der Waals surface area contributed by atoms with E-state index >= 15 is 0 Å². The second-order valence-corrected chi connectivity index (χ2v) is 3.21. The fourth-order valence-corrected chi connectivity index (χ4v) is 1.43. The molecule has 0 bridgehead atoms. The molecule has 0 aliphatic carbocycles. The molecule has 3 heteroatoms. The van der Waals surface area contributed by atoms with Gasteiger partial charge in [0.05, 0.1) is 5.02 Å². The van der Waals surface area contributed by atoms with Crippen LogP contribution in [0.15, 0.2) is 23.1 Å². The fraction of sp³-hybridized carbons (Fsp3) is 0. The summed E-state index contributed by atoms with van der Waals surface area (Å²) in [5, 5.41) is 1.22. The highest BCUT2D eigenvalue weighted by molar-refractivity contribution is 8.00. The third kappa shape index (κ3) is 1.82. The topological polar surface area (TPSA) is 0 Å². The highest BCUT2D eigenvalue weighted by atomic mass is 35.5. The average Bonchev–Trinajstić information content (AvgIpc) is 1.88. The van der Waals surface area contributed by atoms with Gasteiger partial charge in [0.1, 0.15) is 0 Å². The Morgan fingerprint density at radius 2 is 2.00 bits per heavy atom. The van der Waals surface area contributed by atoms with Gasteiger partial charge >= 0.3 is 0 Å². The Kier molecular flexibility index (Phi) is 2.90. The first kappa shape index (κ1) is 8.25. The number of benzene rings is 1. The molecule has 0 N–H and O–H groups in total. The minimum Gasteiger partial charge on any atom is -0.119 e. The highest BCUT2D eigenvalue weighted by Crippen LogP contribution is 2.28. The van der Waals surface area contributed by atoms with E-state index < -0.39 is 0 Å². The highest BCUT2D eigenvalue weighted by Gasteiger charge is 1.97. The van der Waals surface area contributed by atoms with Crippen LogP contribution in [0.1, 0.15) is 0 Å². The molecule has 10 heavy (non-hydrogen) atoms. The van der Waals surface area contributed by atoms with Gasteiger partial charge in [-0.05, 0) is 18.2 Å². The first-order valence-corrected chi connectivity index (χ1v) is 4.19. The Balaban J connectivity index is 3.07. The number of hydrogen-bond acceptors (Lipinski definition) is 1. The van der Waals surface area contributed by atoms with Gasteiger partial charge in [0, 0.05) is 16.2 Å². The molecule has 1 rings (SSSR count). The smallest absolute Gasteiger partial charge is 0.0556 e. The third-order valence-corrected chi connectivity index (χ3v) is 2.29. The van der Waals surface area contributed by atoms with Crippen LogP contribution in [0.25, 0.3) is 0 Å². The van der Waals surface area contributed by atoms with Crippen molar-refractivity contribution in [1.29, 1.82) is 0 Å². The Morgan fingerprint density at radius 3 is 2.50 bits per heavy atom. The van der Waals surface area contributed by atoms with Gasteiger partial charge in [-0.1, -0.05) is 23.2 Å². The van der Waals surface area contributed by atoms with Crippen LogP contribution < -0.4 is 0 Å². The van der Waals surface area contributed by atoms with Crippen LogP contribution >= 0.6 is 35.0 Å². The Hall–Kier alpha value is 0.150. The molecule has 0 heterocycles. The van der Waals surface area contributed by atoms with Crippen LogP contribution in [-0.2, 0) is 0 Å². The lowest BCUT2D eigenvalue weighted by Gasteiger charge is -1.98. The first-order chi connectivity index (χ1) is 4.74. The summed E-state index contributed by atoms with van der Waals surface area (Å²) in [7, 11) is 0. The van der Waals surface area contributed by atoms with Gasteiger partial charge in [0.2, 0.25) is 0 Å². The van der Waals surface area contributed by atoms with Gasteiger partial charge in [-0.3, -0.25) is 0 Å². The lowest BCUT2D eigenvalue weighted by atomic mass is 10.4. The maximum Gasteiger partial charge on any atom is 0.0556 e. The quantitative estimate of drug-likeness (QED) is 0.609. The van der Waals surface area contributed by atoms with Gasteiger partial charge in [-0.2, -0.15) is 0 Å². The van der Waals surface area contributed by atoms with Crippen molar-refractivity contribution >= 4 is 35.0 Å². The molecule has 0 saturated heterocycles. The molecule has 1 aromatic rings. The molecule has 1 aromatic carbocycles. The Morgan fingerprint density at radius 1 is 1.30 bits per heavy atom.